The Bertz CT molecular complexity index is 1100. The van der Waals surface area contributed by atoms with E-state index < -0.39 is 15.4 Å². The fraction of sp³-hybridized carbons (Fsp3) is 0.500. The van der Waals surface area contributed by atoms with Crippen molar-refractivity contribution in [2.45, 2.75) is 37.5 Å². The van der Waals surface area contributed by atoms with Crippen LogP contribution in [0.25, 0.3) is 0 Å². The number of sulfonamides is 1. The summed E-state index contributed by atoms with van der Waals surface area (Å²) in [4.78, 5) is 15.3. The quantitative estimate of drug-likeness (QED) is 0.526. The number of benzene rings is 2. The number of morpholine rings is 1. The molecule has 1 unspecified atom stereocenters. The van der Waals surface area contributed by atoms with E-state index in [2.05, 4.69) is 0 Å². The molecule has 0 aromatic heterocycles. The summed E-state index contributed by atoms with van der Waals surface area (Å²) < 4.78 is 40.1. The number of carbonyl (C=O) groups is 1. The highest BCUT2D eigenvalue weighted by atomic mass is 35.5. The predicted octanol–water partition coefficient (Wildman–Crippen LogP) is 4.00. The zero-order chi connectivity index (χ0) is 24.9. The van der Waals surface area contributed by atoms with E-state index in [1.54, 1.807) is 36.4 Å². The molecule has 1 atom stereocenters. The molecule has 2 aromatic rings. The lowest BCUT2D eigenvalue weighted by molar-refractivity contribution is -0.139. The van der Waals surface area contributed by atoms with Crippen molar-refractivity contribution in [1.82, 2.24) is 9.21 Å². The molecule has 2 saturated heterocycles. The molecular formula is C26H33ClN2O5S. The number of aryl methyl sites for hydroxylation is 1. The number of piperidine rings is 1. The monoisotopic (exact) mass is 520 g/mol. The second kappa shape index (κ2) is 11.3. The molecular weight excluding hydrogens is 488 g/mol. The van der Waals surface area contributed by atoms with Crippen molar-refractivity contribution in [3.8, 4) is 5.75 Å². The van der Waals surface area contributed by atoms with Crippen LogP contribution in [-0.4, -0.2) is 69.5 Å². The molecule has 2 aliphatic rings. The van der Waals surface area contributed by atoms with Crippen molar-refractivity contribution in [1.29, 1.82) is 0 Å². The van der Waals surface area contributed by atoms with Crippen LogP contribution in [0, 0.1) is 5.41 Å². The third-order valence-electron chi connectivity index (χ3n) is 6.84. The Morgan fingerprint density at radius 1 is 1.06 bits per heavy atom. The number of carbonyl (C=O) groups excluding carboxylic acids is 1. The second-order valence-corrected chi connectivity index (χ2v) is 11.7. The minimum absolute atomic E-state index is 0.0135. The summed E-state index contributed by atoms with van der Waals surface area (Å²) >= 11 is 6.00. The van der Waals surface area contributed by atoms with Crippen LogP contribution in [0.4, 0.5) is 0 Å². The van der Waals surface area contributed by atoms with E-state index >= 15 is 0 Å². The van der Waals surface area contributed by atoms with Crippen molar-refractivity contribution >= 4 is 27.5 Å². The van der Waals surface area contributed by atoms with Crippen LogP contribution in [0.2, 0.25) is 5.02 Å². The number of hydrogen-bond acceptors (Lipinski definition) is 5. The first-order valence-electron chi connectivity index (χ1n) is 12.1. The van der Waals surface area contributed by atoms with Crippen LogP contribution < -0.4 is 4.74 Å². The summed E-state index contributed by atoms with van der Waals surface area (Å²) in [7, 11) is -3.69. The molecule has 0 aliphatic carbocycles. The Morgan fingerprint density at radius 3 is 2.40 bits per heavy atom. The van der Waals surface area contributed by atoms with E-state index in [9.17, 15) is 13.2 Å². The number of rotatable bonds is 8. The Balaban J connectivity index is 1.56. The summed E-state index contributed by atoms with van der Waals surface area (Å²) in [5, 5.41) is 0.610. The van der Waals surface area contributed by atoms with Crippen LogP contribution in [0.5, 0.6) is 5.75 Å². The second-order valence-electron chi connectivity index (χ2n) is 9.35. The predicted molar refractivity (Wildman–Crippen MR) is 135 cm³/mol. The fourth-order valence-electron chi connectivity index (χ4n) is 4.74. The maximum Gasteiger partial charge on any atom is 0.243 e. The van der Waals surface area contributed by atoms with Crippen LogP contribution in [0.1, 0.15) is 31.7 Å². The molecule has 2 fully saturated rings. The van der Waals surface area contributed by atoms with Crippen LogP contribution in [-0.2, 0) is 26.0 Å². The summed E-state index contributed by atoms with van der Waals surface area (Å²) in [5.41, 5.74) is 0.452. The van der Waals surface area contributed by atoms with E-state index in [-0.39, 0.29) is 30.4 Å². The van der Waals surface area contributed by atoms with Crippen molar-refractivity contribution in [3.05, 3.63) is 59.1 Å². The summed E-state index contributed by atoms with van der Waals surface area (Å²) in [6.07, 6.45) is 2.43. The summed E-state index contributed by atoms with van der Waals surface area (Å²) in [5.74, 6) is 0.655. The molecule has 9 heteroatoms. The highest BCUT2D eigenvalue weighted by Gasteiger charge is 2.43. The number of amides is 1. The largest absolute Gasteiger partial charge is 0.493 e. The van der Waals surface area contributed by atoms with Crippen molar-refractivity contribution < 1.29 is 22.7 Å². The number of ether oxygens (including phenoxy) is 2. The van der Waals surface area contributed by atoms with Crippen LogP contribution in [0.3, 0.4) is 0 Å². The fourth-order valence-corrected chi connectivity index (χ4v) is 6.46. The minimum atomic E-state index is -3.69. The van der Waals surface area contributed by atoms with Crippen molar-refractivity contribution in [2.24, 2.45) is 5.41 Å². The summed E-state index contributed by atoms with van der Waals surface area (Å²) in [6.45, 7) is 5.08. The van der Waals surface area contributed by atoms with Gasteiger partial charge in [-0.2, -0.15) is 4.31 Å². The Labute approximate surface area is 213 Å². The van der Waals surface area contributed by atoms with Crippen molar-refractivity contribution in [3.63, 3.8) is 0 Å². The molecule has 0 N–H and O–H groups in total. The first-order chi connectivity index (χ1) is 16.8. The molecule has 4 rings (SSSR count). The van der Waals surface area contributed by atoms with Gasteiger partial charge in [-0.3, -0.25) is 4.79 Å². The summed E-state index contributed by atoms with van der Waals surface area (Å²) in [6, 6.07) is 14.1. The van der Waals surface area contributed by atoms with E-state index in [0.29, 0.717) is 56.5 Å². The lowest BCUT2D eigenvalue weighted by Crippen LogP contribution is -2.51. The maximum absolute atomic E-state index is 13.5. The molecule has 2 heterocycles. The topological polar surface area (TPSA) is 76.2 Å². The maximum atomic E-state index is 13.5. The third kappa shape index (κ3) is 6.36. The lowest BCUT2D eigenvalue weighted by atomic mass is 9.78. The normalized spacial score (nSPS) is 21.6. The van der Waals surface area contributed by atoms with Gasteiger partial charge in [0, 0.05) is 43.0 Å². The van der Waals surface area contributed by atoms with Crippen LogP contribution in [0.15, 0.2) is 53.4 Å². The van der Waals surface area contributed by atoms with Gasteiger partial charge in [-0.05, 0) is 61.2 Å². The zero-order valence-electron chi connectivity index (χ0n) is 20.1. The average Bonchev–Trinajstić information content (AvgIpc) is 2.89. The average molecular weight is 521 g/mol. The third-order valence-corrected chi connectivity index (χ3v) is 8.96. The Kier molecular flexibility index (Phi) is 8.37. The van der Waals surface area contributed by atoms with Gasteiger partial charge >= 0.3 is 0 Å². The molecule has 1 amide bonds. The molecule has 0 radical (unpaired) electrons. The molecule has 7 nitrogen and oxygen atoms in total. The van der Waals surface area contributed by atoms with E-state index in [0.717, 1.165) is 12.0 Å². The van der Waals surface area contributed by atoms with E-state index in [1.807, 2.05) is 24.0 Å². The van der Waals surface area contributed by atoms with Gasteiger partial charge in [-0.25, -0.2) is 8.42 Å². The Morgan fingerprint density at radius 2 is 1.74 bits per heavy atom. The molecule has 0 spiro atoms. The van der Waals surface area contributed by atoms with Crippen LogP contribution >= 0.6 is 11.6 Å². The zero-order valence-corrected chi connectivity index (χ0v) is 21.7. The molecule has 2 aromatic carbocycles. The van der Waals surface area contributed by atoms with Gasteiger partial charge in [0.1, 0.15) is 5.75 Å². The standard InChI is InChI=1S/C26H33ClN2O5S/c1-2-21-4-10-24(11-5-21)35(31,32)29-13-3-12-26(19-29,18-25(30)28-14-16-33-17-15-28)20-34-23-8-6-22(27)7-9-23/h4-11H,2-3,12-20H2,1H3. The molecule has 190 valence electrons. The van der Waals surface area contributed by atoms with Gasteiger partial charge < -0.3 is 14.4 Å². The molecule has 0 saturated carbocycles. The first-order valence-corrected chi connectivity index (χ1v) is 14.0. The van der Waals surface area contributed by atoms with Gasteiger partial charge in [0.15, 0.2) is 0 Å². The van der Waals surface area contributed by atoms with Gasteiger partial charge in [-0.1, -0.05) is 30.7 Å². The van der Waals surface area contributed by atoms with Gasteiger partial charge in [-0.15, -0.1) is 0 Å². The number of halogens is 1. The van der Waals surface area contributed by atoms with Gasteiger partial charge in [0.05, 0.1) is 24.7 Å². The lowest BCUT2D eigenvalue weighted by Gasteiger charge is -2.42. The molecule has 2 aliphatic heterocycles. The molecule has 0 bridgehead atoms. The SMILES string of the molecule is CCc1ccc(S(=O)(=O)N2CCCC(COc3ccc(Cl)cc3)(CC(=O)N3CCOCC3)C2)cc1. The van der Waals surface area contributed by atoms with Crippen molar-refractivity contribution in [2.75, 3.05) is 46.0 Å². The highest BCUT2D eigenvalue weighted by molar-refractivity contribution is 7.89. The number of hydrogen-bond donors (Lipinski definition) is 0. The molecule has 35 heavy (non-hydrogen) atoms. The van der Waals surface area contributed by atoms with Gasteiger partial charge in [0.25, 0.3) is 0 Å². The first kappa shape index (κ1) is 25.9. The van der Waals surface area contributed by atoms with Gasteiger partial charge in [0.2, 0.25) is 15.9 Å². The van der Waals surface area contributed by atoms with E-state index in [4.69, 9.17) is 21.1 Å². The van der Waals surface area contributed by atoms with E-state index in [1.165, 1.54) is 4.31 Å². The number of nitrogens with zero attached hydrogens (tertiary/aromatic N) is 2. The highest BCUT2D eigenvalue weighted by Crippen LogP contribution is 2.37. The smallest absolute Gasteiger partial charge is 0.243 e. The minimum Gasteiger partial charge on any atom is -0.493 e. The Hall–Kier alpha value is -2.13.